The van der Waals surface area contributed by atoms with Gasteiger partial charge in [-0.15, -0.1) is 0 Å². The third kappa shape index (κ3) is 6.85. The maximum atomic E-state index is 12.4. The van der Waals surface area contributed by atoms with Crippen molar-refractivity contribution in [3.63, 3.8) is 0 Å². The van der Waals surface area contributed by atoms with Crippen LogP contribution in [0.3, 0.4) is 0 Å². The Kier molecular flexibility index (Phi) is 8.73. The number of nitrogens with zero attached hydrogens (tertiary/aromatic N) is 1. The molecule has 0 unspecified atom stereocenters. The van der Waals surface area contributed by atoms with Crippen LogP contribution >= 0.6 is 39.1 Å². The summed E-state index contributed by atoms with van der Waals surface area (Å²) in [6, 6.07) is 17.5. The highest BCUT2D eigenvalue weighted by Crippen LogP contribution is 2.23. The van der Waals surface area contributed by atoms with Crippen LogP contribution in [0, 0.1) is 0 Å². The maximum absolute atomic E-state index is 12.4. The molecule has 0 aliphatic carbocycles. The summed E-state index contributed by atoms with van der Waals surface area (Å²) in [6.07, 6.45) is 3.18. The SMILES string of the molecule is C=CCOc1ccc(Br)cc1/C=N/NC(=O)c1ccc(OCc2ccc(Cl)cc2Cl)cc1. The van der Waals surface area contributed by atoms with Crippen molar-refractivity contribution in [2.45, 2.75) is 6.61 Å². The minimum absolute atomic E-state index is 0.286. The Balaban J connectivity index is 1.58. The van der Waals surface area contributed by atoms with Crippen LogP contribution in [0.4, 0.5) is 0 Å². The monoisotopic (exact) mass is 532 g/mol. The van der Waals surface area contributed by atoms with Gasteiger partial charge in [0, 0.05) is 31.2 Å². The van der Waals surface area contributed by atoms with Gasteiger partial charge in [0.15, 0.2) is 0 Å². The number of benzene rings is 3. The summed E-state index contributed by atoms with van der Waals surface area (Å²) in [6.45, 7) is 4.29. The number of hydrogen-bond donors (Lipinski definition) is 1. The van der Waals surface area contributed by atoms with Crippen LogP contribution in [-0.2, 0) is 6.61 Å². The first-order chi connectivity index (χ1) is 15.5. The lowest BCUT2D eigenvalue weighted by molar-refractivity contribution is 0.0955. The summed E-state index contributed by atoms with van der Waals surface area (Å²) in [4.78, 5) is 12.4. The van der Waals surface area contributed by atoms with Gasteiger partial charge in [0.1, 0.15) is 24.7 Å². The van der Waals surface area contributed by atoms with E-state index in [9.17, 15) is 4.79 Å². The van der Waals surface area contributed by atoms with Crippen molar-refractivity contribution in [1.29, 1.82) is 0 Å². The predicted molar refractivity (Wildman–Crippen MR) is 132 cm³/mol. The van der Waals surface area contributed by atoms with E-state index in [1.807, 2.05) is 24.3 Å². The topological polar surface area (TPSA) is 59.9 Å². The van der Waals surface area contributed by atoms with Crippen LogP contribution in [0.15, 0.2) is 82.9 Å². The molecule has 0 fully saturated rings. The van der Waals surface area contributed by atoms with E-state index in [-0.39, 0.29) is 12.5 Å². The Hall–Kier alpha value is -2.80. The van der Waals surface area contributed by atoms with Gasteiger partial charge in [-0.1, -0.05) is 57.9 Å². The predicted octanol–water partition coefficient (Wildman–Crippen LogP) is 6.66. The summed E-state index contributed by atoms with van der Waals surface area (Å²) in [5.74, 6) is 0.889. The van der Waals surface area contributed by atoms with E-state index in [2.05, 4.69) is 33.0 Å². The number of carbonyl (C=O) groups is 1. The van der Waals surface area contributed by atoms with Crippen molar-refractivity contribution < 1.29 is 14.3 Å². The van der Waals surface area contributed by atoms with Crippen LogP contribution in [0.2, 0.25) is 10.0 Å². The highest BCUT2D eigenvalue weighted by Gasteiger charge is 2.07. The zero-order valence-electron chi connectivity index (χ0n) is 16.9. The molecule has 3 rings (SSSR count). The number of halogens is 3. The Morgan fingerprint density at radius 2 is 1.84 bits per heavy atom. The zero-order chi connectivity index (χ0) is 22.9. The third-order valence-electron chi connectivity index (χ3n) is 4.22. The number of hydrazone groups is 1. The van der Waals surface area contributed by atoms with Gasteiger partial charge in [0.05, 0.1) is 6.21 Å². The van der Waals surface area contributed by atoms with E-state index in [4.69, 9.17) is 32.7 Å². The van der Waals surface area contributed by atoms with Gasteiger partial charge in [0.25, 0.3) is 5.91 Å². The number of ether oxygens (including phenoxy) is 2. The molecule has 0 heterocycles. The number of amides is 1. The normalized spacial score (nSPS) is 10.7. The maximum Gasteiger partial charge on any atom is 0.271 e. The summed E-state index contributed by atoms with van der Waals surface area (Å²) in [5.41, 5.74) is 4.48. The molecule has 3 aromatic rings. The number of carbonyl (C=O) groups excluding carboxylic acids is 1. The smallest absolute Gasteiger partial charge is 0.271 e. The number of nitrogens with one attached hydrogen (secondary N) is 1. The van der Waals surface area contributed by atoms with E-state index < -0.39 is 0 Å². The van der Waals surface area contributed by atoms with Crippen LogP contribution in [-0.4, -0.2) is 18.7 Å². The van der Waals surface area contributed by atoms with Crippen LogP contribution in [0.1, 0.15) is 21.5 Å². The van der Waals surface area contributed by atoms with Crippen LogP contribution < -0.4 is 14.9 Å². The largest absolute Gasteiger partial charge is 0.489 e. The Bertz CT molecular complexity index is 1130. The number of hydrogen-bond acceptors (Lipinski definition) is 4. The molecular formula is C24H19BrCl2N2O3. The quantitative estimate of drug-likeness (QED) is 0.190. The minimum atomic E-state index is -0.350. The van der Waals surface area contributed by atoms with Gasteiger partial charge in [-0.05, 0) is 54.6 Å². The molecule has 0 saturated heterocycles. The highest BCUT2D eigenvalue weighted by molar-refractivity contribution is 9.10. The zero-order valence-corrected chi connectivity index (χ0v) is 20.0. The van der Waals surface area contributed by atoms with Crippen molar-refractivity contribution in [2.24, 2.45) is 5.10 Å². The van der Waals surface area contributed by atoms with Gasteiger partial charge in [-0.2, -0.15) is 5.10 Å². The van der Waals surface area contributed by atoms with Gasteiger partial charge in [-0.3, -0.25) is 4.79 Å². The van der Waals surface area contributed by atoms with Crippen molar-refractivity contribution in [3.8, 4) is 11.5 Å². The van der Waals surface area contributed by atoms with Gasteiger partial charge in [-0.25, -0.2) is 5.43 Å². The minimum Gasteiger partial charge on any atom is -0.489 e. The summed E-state index contributed by atoms with van der Waals surface area (Å²) in [7, 11) is 0. The molecule has 32 heavy (non-hydrogen) atoms. The fraction of sp³-hybridized carbons (Fsp3) is 0.0833. The molecule has 0 radical (unpaired) electrons. The fourth-order valence-corrected chi connectivity index (χ4v) is 3.47. The van der Waals surface area contributed by atoms with Crippen molar-refractivity contribution in [1.82, 2.24) is 5.43 Å². The molecule has 3 aromatic carbocycles. The molecule has 0 aliphatic rings. The first-order valence-electron chi connectivity index (χ1n) is 9.49. The molecular weight excluding hydrogens is 515 g/mol. The van der Waals surface area contributed by atoms with Crippen molar-refractivity contribution in [3.05, 3.63) is 105 Å². The summed E-state index contributed by atoms with van der Waals surface area (Å²) < 4.78 is 12.2. The van der Waals surface area contributed by atoms with E-state index in [1.54, 1.807) is 42.5 Å². The van der Waals surface area contributed by atoms with E-state index in [1.165, 1.54) is 6.21 Å². The summed E-state index contributed by atoms with van der Waals surface area (Å²) in [5, 5.41) is 5.14. The molecule has 0 saturated carbocycles. The molecule has 0 atom stereocenters. The Morgan fingerprint density at radius 3 is 2.56 bits per heavy atom. The lowest BCUT2D eigenvalue weighted by atomic mass is 10.2. The van der Waals surface area contributed by atoms with Crippen LogP contribution in [0.5, 0.6) is 11.5 Å². The van der Waals surface area contributed by atoms with E-state index >= 15 is 0 Å². The average Bonchev–Trinajstić information content (AvgIpc) is 2.78. The molecule has 5 nitrogen and oxygen atoms in total. The lowest BCUT2D eigenvalue weighted by Gasteiger charge is -2.09. The van der Waals surface area contributed by atoms with Gasteiger partial charge < -0.3 is 9.47 Å². The fourth-order valence-electron chi connectivity index (χ4n) is 2.63. The molecule has 8 heteroatoms. The molecule has 0 spiro atoms. The first-order valence-corrected chi connectivity index (χ1v) is 11.0. The molecule has 0 bridgehead atoms. The Labute approximate surface area is 204 Å². The third-order valence-corrected chi connectivity index (χ3v) is 5.30. The molecule has 0 aromatic heterocycles. The van der Waals surface area contributed by atoms with Gasteiger partial charge in [0.2, 0.25) is 0 Å². The molecule has 1 amide bonds. The van der Waals surface area contributed by atoms with Gasteiger partial charge >= 0.3 is 0 Å². The lowest BCUT2D eigenvalue weighted by Crippen LogP contribution is -2.17. The van der Waals surface area contributed by atoms with Crippen LogP contribution in [0.25, 0.3) is 0 Å². The van der Waals surface area contributed by atoms with Crippen molar-refractivity contribution >= 4 is 51.3 Å². The molecule has 164 valence electrons. The van der Waals surface area contributed by atoms with E-state index in [0.29, 0.717) is 39.3 Å². The van der Waals surface area contributed by atoms with Crippen molar-refractivity contribution in [2.75, 3.05) is 6.61 Å². The first kappa shape index (κ1) is 23.9. The second-order valence-electron chi connectivity index (χ2n) is 6.53. The van der Waals surface area contributed by atoms with E-state index in [0.717, 1.165) is 10.0 Å². The summed E-state index contributed by atoms with van der Waals surface area (Å²) >= 11 is 15.5. The highest BCUT2D eigenvalue weighted by atomic mass is 79.9. The average molecular weight is 534 g/mol. The standard InChI is InChI=1S/C24H19BrCl2N2O3/c1-2-11-31-23-10-6-19(25)12-18(23)14-28-29-24(30)16-4-8-21(9-5-16)32-15-17-3-7-20(26)13-22(17)27/h2-10,12-14H,1,11,15H2,(H,29,30)/b28-14+. The molecule has 1 N–H and O–H groups in total. The second-order valence-corrected chi connectivity index (χ2v) is 8.29. The second kappa shape index (κ2) is 11.7. The molecule has 0 aliphatic heterocycles. The number of rotatable bonds is 9. The Morgan fingerprint density at radius 1 is 1.06 bits per heavy atom.